The fourth-order valence-corrected chi connectivity index (χ4v) is 3.76. The number of carbonyl (C=O) groups is 1. The van der Waals surface area contributed by atoms with Gasteiger partial charge in [0.15, 0.2) is 0 Å². The molecule has 1 saturated heterocycles. The predicted octanol–water partition coefficient (Wildman–Crippen LogP) is 2.67. The molecule has 0 bridgehead atoms. The minimum Gasteiger partial charge on any atom is -0.472 e. The third-order valence-electron chi connectivity index (χ3n) is 4.12. The molecule has 5 nitrogen and oxygen atoms in total. The molecule has 1 N–H and O–H groups in total. The predicted molar refractivity (Wildman–Crippen MR) is 93.8 cm³/mol. The summed E-state index contributed by atoms with van der Waals surface area (Å²) in [5, 5.41) is 12.0. The Labute approximate surface area is 145 Å². The van der Waals surface area contributed by atoms with E-state index in [1.54, 1.807) is 36.8 Å². The Bertz CT molecular complexity index is 718. The van der Waals surface area contributed by atoms with Crippen molar-refractivity contribution in [1.29, 1.82) is 5.26 Å². The van der Waals surface area contributed by atoms with Gasteiger partial charge in [0.05, 0.1) is 30.2 Å². The van der Waals surface area contributed by atoms with Gasteiger partial charge in [-0.1, -0.05) is 6.07 Å². The number of furan rings is 1. The van der Waals surface area contributed by atoms with Gasteiger partial charge in [-0.2, -0.15) is 17.0 Å². The van der Waals surface area contributed by atoms with Crippen LogP contribution in [-0.4, -0.2) is 41.9 Å². The molecule has 1 fully saturated rings. The maximum absolute atomic E-state index is 12.4. The van der Waals surface area contributed by atoms with Crippen LogP contribution in [0.15, 0.2) is 47.3 Å². The second kappa shape index (κ2) is 8.04. The second-order valence-corrected chi connectivity index (χ2v) is 6.85. The first-order chi connectivity index (χ1) is 11.8. The van der Waals surface area contributed by atoms with Gasteiger partial charge < -0.3 is 9.73 Å². The Hall–Kier alpha value is -2.23. The molecule has 24 heavy (non-hydrogen) atoms. The quantitative estimate of drug-likeness (QED) is 0.905. The molecule has 1 aliphatic rings. The van der Waals surface area contributed by atoms with Crippen LogP contribution in [0.1, 0.15) is 27.5 Å². The number of amides is 1. The van der Waals surface area contributed by atoms with Crippen molar-refractivity contribution in [3.8, 4) is 6.07 Å². The zero-order chi connectivity index (χ0) is 16.8. The van der Waals surface area contributed by atoms with Gasteiger partial charge in [-0.05, 0) is 24.3 Å². The zero-order valence-electron chi connectivity index (χ0n) is 13.3. The molecule has 2 aromatic rings. The first-order valence-corrected chi connectivity index (χ1v) is 9.05. The number of rotatable bonds is 5. The van der Waals surface area contributed by atoms with Gasteiger partial charge >= 0.3 is 0 Å². The lowest BCUT2D eigenvalue weighted by atomic mass is 10.1. The van der Waals surface area contributed by atoms with Gasteiger partial charge in [-0.25, -0.2) is 0 Å². The van der Waals surface area contributed by atoms with Crippen molar-refractivity contribution in [2.75, 3.05) is 31.1 Å². The van der Waals surface area contributed by atoms with Crippen LogP contribution in [0.3, 0.4) is 0 Å². The minimum absolute atomic E-state index is 0.104. The van der Waals surface area contributed by atoms with Gasteiger partial charge in [0, 0.05) is 42.3 Å². The molecule has 0 spiro atoms. The molecule has 124 valence electrons. The lowest BCUT2D eigenvalue weighted by molar-refractivity contribution is 0.0934. The first-order valence-electron chi connectivity index (χ1n) is 7.90. The van der Waals surface area contributed by atoms with Crippen molar-refractivity contribution in [2.24, 2.45) is 0 Å². The van der Waals surface area contributed by atoms with Crippen LogP contribution in [0.4, 0.5) is 0 Å². The summed E-state index contributed by atoms with van der Waals surface area (Å²) < 4.78 is 5.23. The zero-order valence-corrected chi connectivity index (χ0v) is 14.1. The number of hydrogen-bond donors (Lipinski definition) is 1. The summed E-state index contributed by atoms with van der Waals surface area (Å²) >= 11 is 1.96. The Morgan fingerprint density at radius 3 is 2.92 bits per heavy atom. The van der Waals surface area contributed by atoms with E-state index in [4.69, 9.17) is 9.68 Å². The highest BCUT2D eigenvalue weighted by Crippen LogP contribution is 2.24. The van der Waals surface area contributed by atoms with E-state index in [0.29, 0.717) is 17.7 Å². The van der Waals surface area contributed by atoms with Gasteiger partial charge in [0.25, 0.3) is 5.91 Å². The summed E-state index contributed by atoms with van der Waals surface area (Å²) in [6, 6.07) is 10.9. The molecule has 0 unspecified atom stereocenters. The fraction of sp³-hybridized carbons (Fsp3) is 0.333. The van der Waals surface area contributed by atoms with Crippen molar-refractivity contribution >= 4 is 17.7 Å². The number of carbonyl (C=O) groups excluding carboxylic acids is 1. The summed E-state index contributed by atoms with van der Waals surface area (Å²) in [5.74, 6) is 2.05. The summed E-state index contributed by atoms with van der Waals surface area (Å²) in [6.45, 7) is 2.51. The lowest BCUT2D eigenvalue weighted by Crippen LogP contribution is -2.41. The van der Waals surface area contributed by atoms with Crippen LogP contribution in [0, 0.1) is 11.3 Å². The number of nitriles is 1. The van der Waals surface area contributed by atoms with E-state index in [1.165, 1.54) is 0 Å². The maximum Gasteiger partial charge on any atom is 0.251 e. The van der Waals surface area contributed by atoms with Crippen molar-refractivity contribution in [3.63, 3.8) is 0 Å². The number of benzene rings is 1. The number of nitrogens with one attached hydrogen (secondary N) is 1. The molecule has 1 amide bonds. The molecule has 6 heteroatoms. The van der Waals surface area contributed by atoms with Crippen molar-refractivity contribution in [1.82, 2.24) is 10.2 Å². The summed E-state index contributed by atoms with van der Waals surface area (Å²) in [4.78, 5) is 14.8. The molecule has 1 aliphatic heterocycles. The molecule has 1 aromatic carbocycles. The highest BCUT2D eigenvalue weighted by Gasteiger charge is 2.24. The molecular weight excluding hydrogens is 322 g/mol. The van der Waals surface area contributed by atoms with Gasteiger partial charge in [0.2, 0.25) is 0 Å². The topological polar surface area (TPSA) is 69.3 Å². The van der Waals surface area contributed by atoms with Gasteiger partial charge in [-0.15, -0.1) is 0 Å². The molecule has 1 aromatic heterocycles. The molecule has 3 rings (SSSR count). The monoisotopic (exact) mass is 341 g/mol. The molecule has 1 atom stereocenters. The molecule has 0 aliphatic carbocycles. The van der Waals surface area contributed by atoms with Crippen LogP contribution in [-0.2, 0) is 0 Å². The van der Waals surface area contributed by atoms with E-state index in [2.05, 4.69) is 16.3 Å². The van der Waals surface area contributed by atoms with Crippen LogP contribution < -0.4 is 5.32 Å². The SMILES string of the molecule is N#Cc1cccc(C(=O)NC[C@@H](c2ccoc2)N2CCSCC2)c1. The van der Waals surface area contributed by atoms with Crippen LogP contribution in [0.2, 0.25) is 0 Å². The highest BCUT2D eigenvalue weighted by molar-refractivity contribution is 7.99. The highest BCUT2D eigenvalue weighted by atomic mass is 32.2. The Balaban J connectivity index is 1.68. The average Bonchev–Trinajstić information content (AvgIpc) is 3.17. The van der Waals surface area contributed by atoms with Crippen LogP contribution >= 0.6 is 11.8 Å². The molecule has 2 heterocycles. The van der Waals surface area contributed by atoms with E-state index in [0.717, 1.165) is 30.2 Å². The van der Waals surface area contributed by atoms with Gasteiger partial charge in [-0.3, -0.25) is 9.69 Å². The van der Waals surface area contributed by atoms with E-state index in [-0.39, 0.29) is 11.9 Å². The second-order valence-electron chi connectivity index (χ2n) is 5.62. The lowest BCUT2D eigenvalue weighted by Gasteiger charge is -2.34. The van der Waals surface area contributed by atoms with E-state index in [9.17, 15) is 4.79 Å². The Kier molecular flexibility index (Phi) is 5.57. The van der Waals surface area contributed by atoms with E-state index >= 15 is 0 Å². The fourth-order valence-electron chi connectivity index (χ4n) is 2.83. The van der Waals surface area contributed by atoms with Crippen molar-refractivity contribution < 1.29 is 9.21 Å². The Morgan fingerprint density at radius 1 is 1.38 bits per heavy atom. The van der Waals surface area contributed by atoms with Crippen LogP contribution in [0.25, 0.3) is 0 Å². The minimum atomic E-state index is -0.160. The van der Waals surface area contributed by atoms with E-state index in [1.807, 2.05) is 17.8 Å². The number of nitrogens with zero attached hydrogens (tertiary/aromatic N) is 2. The van der Waals surface area contributed by atoms with Gasteiger partial charge in [0.1, 0.15) is 0 Å². The maximum atomic E-state index is 12.4. The van der Waals surface area contributed by atoms with Crippen molar-refractivity contribution in [2.45, 2.75) is 6.04 Å². The Morgan fingerprint density at radius 2 is 2.21 bits per heavy atom. The molecule has 0 saturated carbocycles. The largest absolute Gasteiger partial charge is 0.472 e. The third kappa shape index (κ3) is 3.99. The number of thioether (sulfide) groups is 1. The van der Waals surface area contributed by atoms with Crippen molar-refractivity contribution in [3.05, 3.63) is 59.5 Å². The third-order valence-corrected chi connectivity index (χ3v) is 5.07. The average molecular weight is 341 g/mol. The normalized spacial score (nSPS) is 16.3. The van der Waals surface area contributed by atoms with E-state index < -0.39 is 0 Å². The molecular formula is C18H19N3O2S. The summed E-state index contributed by atoms with van der Waals surface area (Å²) in [6.07, 6.45) is 3.41. The van der Waals surface area contributed by atoms with Crippen LogP contribution in [0.5, 0.6) is 0 Å². The standard InChI is InChI=1S/C18H19N3O2S/c19-11-14-2-1-3-15(10-14)18(22)20-12-17(16-4-7-23-13-16)21-5-8-24-9-6-21/h1-4,7,10,13,17H,5-6,8-9,12H2,(H,20,22)/t17-/m0/s1. The molecule has 0 radical (unpaired) electrons. The smallest absolute Gasteiger partial charge is 0.251 e. The summed E-state index contributed by atoms with van der Waals surface area (Å²) in [7, 11) is 0. The summed E-state index contributed by atoms with van der Waals surface area (Å²) in [5.41, 5.74) is 2.07. The number of hydrogen-bond acceptors (Lipinski definition) is 5. The first kappa shape index (κ1) is 16.6.